The van der Waals surface area contributed by atoms with Gasteiger partial charge in [-0.2, -0.15) is 4.98 Å². The van der Waals surface area contributed by atoms with Gasteiger partial charge in [-0.3, -0.25) is 19.2 Å². The molecule has 4 saturated carbocycles. The average molecular weight is 548 g/mol. The van der Waals surface area contributed by atoms with Gasteiger partial charge >= 0.3 is 5.72 Å². The van der Waals surface area contributed by atoms with Gasteiger partial charge in [0.1, 0.15) is 5.60 Å². The highest BCUT2D eigenvalue weighted by Gasteiger charge is 2.88. The summed E-state index contributed by atoms with van der Waals surface area (Å²) in [6, 6.07) is 0. The van der Waals surface area contributed by atoms with E-state index in [-0.39, 0.29) is 39.3 Å². The van der Waals surface area contributed by atoms with E-state index < -0.39 is 34.5 Å². The number of aromatic nitrogens is 2. The SMILES string of the molecule is [C-]#[N+][C@@]12O[C@@H]1[C@]1(C)C3=CC(=O)[C@@H]4[C@@H]5CC(C)(C)CC[C@]5(c5nc(C)no5)CC[C@@]4(C)[C@]3(C)CC[C@H]1[C@](C)(O)C2=O. The van der Waals surface area contributed by atoms with Crippen LogP contribution in [0.2, 0.25) is 0 Å². The molecular formula is C32H41N3O5. The van der Waals surface area contributed by atoms with E-state index in [4.69, 9.17) is 20.8 Å². The fourth-order valence-electron chi connectivity index (χ4n) is 11.0. The van der Waals surface area contributed by atoms with Gasteiger partial charge in [0.15, 0.2) is 17.7 Å². The van der Waals surface area contributed by atoms with Gasteiger partial charge in [-0.25, -0.2) is 6.57 Å². The van der Waals surface area contributed by atoms with Crippen molar-refractivity contribution in [2.45, 2.75) is 116 Å². The fraction of sp³-hybridized carbons (Fsp3) is 0.781. The van der Waals surface area contributed by atoms with Crippen molar-refractivity contribution in [3.05, 3.63) is 34.8 Å². The number of carbonyl (C=O) groups is 2. The van der Waals surface area contributed by atoms with Gasteiger partial charge < -0.3 is 9.63 Å². The maximum absolute atomic E-state index is 14.6. The summed E-state index contributed by atoms with van der Waals surface area (Å²) in [5.41, 5.74) is -4.09. The highest BCUT2D eigenvalue weighted by atomic mass is 16.6. The third-order valence-electron chi connectivity index (χ3n) is 13.3. The summed E-state index contributed by atoms with van der Waals surface area (Å²) in [5, 5.41) is 15.8. The van der Waals surface area contributed by atoms with Crippen LogP contribution in [0.15, 0.2) is 16.2 Å². The zero-order valence-electron chi connectivity index (χ0n) is 24.8. The van der Waals surface area contributed by atoms with Crippen LogP contribution in [0.3, 0.4) is 0 Å². The van der Waals surface area contributed by atoms with E-state index in [0.29, 0.717) is 18.1 Å². The second kappa shape index (κ2) is 7.33. The zero-order valence-corrected chi connectivity index (χ0v) is 24.8. The molecular weight excluding hydrogens is 506 g/mol. The van der Waals surface area contributed by atoms with E-state index in [1.54, 1.807) is 6.92 Å². The molecule has 1 aliphatic heterocycles. The van der Waals surface area contributed by atoms with Crippen molar-refractivity contribution in [2.75, 3.05) is 0 Å². The minimum atomic E-state index is -1.69. The van der Waals surface area contributed by atoms with E-state index in [0.717, 1.165) is 44.1 Å². The smallest absolute Gasteiger partial charge is 0.382 e. The van der Waals surface area contributed by atoms with E-state index >= 15 is 0 Å². The van der Waals surface area contributed by atoms with Gasteiger partial charge in [-0.1, -0.05) is 45.3 Å². The summed E-state index contributed by atoms with van der Waals surface area (Å²) < 4.78 is 11.9. The summed E-state index contributed by atoms with van der Waals surface area (Å²) >= 11 is 0. The largest absolute Gasteiger partial charge is 0.427 e. The first-order valence-electron chi connectivity index (χ1n) is 14.9. The number of ketones is 2. The lowest BCUT2D eigenvalue weighted by Crippen LogP contribution is -2.69. The Morgan fingerprint density at radius 2 is 1.75 bits per heavy atom. The number of rotatable bonds is 1. The number of aryl methyl sites for hydroxylation is 1. The summed E-state index contributed by atoms with van der Waals surface area (Å²) in [6.07, 6.45) is 7.21. The second-order valence-electron chi connectivity index (χ2n) is 15.6. The van der Waals surface area contributed by atoms with Crippen molar-refractivity contribution in [1.29, 1.82) is 0 Å². The molecule has 0 aromatic carbocycles. The van der Waals surface area contributed by atoms with E-state index in [2.05, 4.69) is 37.7 Å². The average Bonchev–Trinajstić information content (AvgIpc) is 3.50. The molecule has 0 amide bonds. The van der Waals surface area contributed by atoms with Gasteiger partial charge in [0.2, 0.25) is 5.89 Å². The number of epoxide rings is 1. The number of allylic oxidation sites excluding steroid dienone is 1. The van der Waals surface area contributed by atoms with E-state index in [9.17, 15) is 14.7 Å². The molecule has 8 nitrogen and oxygen atoms in total. The molecule has 0 spiro atoms. The first-order chi connectivity index (χ1) is 18.5. The molecule has 10 atom stereocenters. The summed E-state index contributed by atoms with van der Waals surface area (Å²) in [7, 11) is 0. The quantitative estimate of drug-likeness (QED) is 0.383. The standard InChI is InChI=1S/C32H41N3O5/c1-17-34-25(40-35-17)31-13-11-26(2,3)16-18(31)22-19(36)15-21-27(4,28(22,5)12-14-31)10-9-20-29(21,6)24-32(33-8,39-24)23(37)30(20,7)38/h15,18,20,22,24,38H,9-14,16H2,1-7H3/t18-,20+,22-,24+,27+,28+,29-,30-,31-,32-/m0/s1. The Morgan fingerprint density at radius 1 is 1.05 bits per heavy atom. The van der Waals surface area contributed by atoms with Crippen LogP contribution in [0.25, 0.3) is 4.85 Å². The molecule has 6 aliphatic rings. The predicted molar refractivity (Wildman–Crippen MR) is 145 cm³/mol. The topological polar surface area (TPSA) is 110 Å². The van der Waals surface area contributed by atoms with E-state index in [1.165, 1.54) is 0 Å². The third kappa shape index (κ3) is 2.75. The Labute approximate surface area is 236 Å². The van der Waals surface area contributed by atoms with Crippen LogP contribution in [0, 0.1) is 52.9 Å². The molecule has 1 N–H and O–H groups in total. The monoisotopic (exact) mass is 547 g/mol. The van der Waals surface area contributed by atoms with Gasteiger partial charge in [-0.05, 0) is 87.0 Å². The molecule has 2 heterocycles. The van der Waals surface area contributed by atoms with Crippen LogP contribution >= 0.6 is 0 Å². The van der Waals surface area contributed by atoms with Gasteiger partial charge in [0, 0.05) is 17.3 Å². The van der Waals surface area contributed by atoms with E-state index in [1.807, 2.05) is 19.9 Å². The van der Waals surface area contributed by atoms with Crippen LogP contribution < -0.4 is 0 Å². The molecule has 1 saturated heterocycles. The van der Waals surface area contributed by atoms with Crippen LogP contribution in [-0.4, -0.2) is 44.2 Å². The Kier molecular flexibility index (Phi) is 4.86. The zero-order chi connectivity index (χ0) is 28.9. The van der Waals surface area contributed by atoms with Crippen LogP contribution in [0.4, 0.5) is 0 Å². The van der Waals surface area contributed by atoms with Crippen molar-refractivity contribution in [2.24, 2.45) is 39.4 Å². The predicted octanol–water partition coefficient (Wildman–Crippen LogP) is 5.14. The van der Waals surface area contributed by atoms with Crippen LogP contribution in [0.5, 0.6) is 0 Å². The van der Waals surface area contributed by atoms with Crippen molar-refractivity contribution in [3.63, 3.8) is 0 Å². The molecule has 40 heavy (non-hydrogen) atoms. The number of nitrogens with zero attached hydrogens (tertiary/aromatic N) is 3. The number of aliphatic hydroxyl groups is 1. The van der Waals surface area contributed by atoms with Gasteiger partial charge in [-0.15, -0.1) is 0 Å². The number of Topliss-reactive ketones (excluding diaryl/α,β-unsaturated/α-hetero) is 1. The van der Waals surface area contributed by atoms with Gasteiger partial charge in [0.05, 0.1) is 5.41 Å². The van der Waals surface area contributed by atoms with Gasteiger partial charge in [0.25, 0.3) is 5.78 Å². The van der Waals surface area contributed by atoms with Crippen molar-refractivity contribution in [3.8, 4) is 0 Å². The lowest BCUT2D eigenvalue weighted by Gasteiger charge is -2.68. The number of ether oxygens (including phenoxy) is 1. The number of fused-ring (bicyclic) bond motifs is 9. The fourth-order valence-corrected chi connectivity index (χ4v) is 11.0. The highest BCUT2D eigenvalue weighted by Crippen LogP contribution is 2.77. The molecule has 5 aliphatic carbocycles. The third-order valence-corrected chi connectivity index (χ3v) is 13.3. The first-order valence-corrected chi connectivity index (χ1v) is 14.9. The van der Waals surface area contributed by atoms with Crippen LogP contribution in [0.1, 0.15) is 98.2 Å². The van der Waals surface area contributed by atoms with Crippen LogP contribution in [-0.2, 0) is 19.7 Å². The molecule has 1 aromatic rings. The maximum Gasteiger partial charge on any atom is 0.427 e. The number of hydrogen-bond acceptors (Lipinski definition) is 7. The Morgan fingerprint density at radius 3 is 2.40 bits per heavy atom. The Balaban J connectivity index is 1.40. The Bertz CT molecular complexity index is 1440. The normalized spacial score (nSPS) is 52.2. The van der Waals surface area contributed by atoms with Crippen molar-refractivity contribution in [1.82, 2.24) is 10.1 Å². The molecule has 0 radical (unpaired) electrons. The lowest BCUT2D eigenvalue weighted by molar-refractivity contribution is -0.175. The lowest BCUT2D eigenvalue weighted by atomic mass is 9.34. The second-order valence-corrected chi connectivity index (χ2v) is 15.6. The number of carbonyl (C=O) groups excluding carboxylic acids is 2. The molecule has 5 fully saturated rings. The molecule has 8 heteroatoms. The molecule has 0 bridgehead atoms. The summed E-state index contributed by atoms with van der Waals surface area (Å²) in [4.78, 5) is 36.3. The molecule has 1 aromatic heterocycles. The molecule has 214 valence electrons. The molecule has 0 unspecified atom stereocenters. The van der Waals surface area contributed by atoms with Crippen molar-refractivity contribution < 1.29 is 24.0 Å². The highest BCUT2D eigenvalue weighted by molar-refractivity contribution is 6.01. The minimum Gasteiger partial charge on any atom is -0.382 e. The molecule has 7 rings (SSSR count). The summed E-state index contributed by atoms with van der Waals surface area (Å²) in [5.74, 6) is 0.343. The Hall–Kier alpha value is -2.37. The van der Waals surface area contributed by atoms with Crippen molar-refractivity contribution >= 4 is 11.6 Å². The summed E-state index contributed by atoms with van der Waals surface area (Å²) in [6.45, 7) is 22.5. The first kappa shape index (κ1) is 26.5. The minimum absolute atomic E-state index is 0.0676. The maximum atomic E-state index is 14.6. The number of hydrogen-bond donors (Lipinski definition) is 1.